The molecule has 0 spiro atoms. The lowest BCUT2D eigenvalue weighted by molar-refractivity contribution is -0.196. The normalized spacial score (nSPS) is 43.6. The van der Waals surface area contributed by atoms with Gasteiger partial charge < -0.3 is 20.1 Å². The summed E-state index contributed by atoms with van der Waals surface area (Å²) in [5.41, 5.74) is 0. The molecular weight excluding hydrogens is 212 g/mol. The maximum absolute atomic E-state index is 11.1. The first kappa shape index (κ1) is 11.9. The van der Waals surface area contributed by atoms with Gasteiger partial charge in [0.1, 0.15) is 12.2 Å². The first-order valence-electron chi connectivity index (χ1n) is 4.25. The van der Waals surface area contributed by atoms with Crippen molar-refractivity contribution in [3.63, 3.8) is 0 Å². The monoisotopic (exact) mass is 224 g/mol. The molecule has 14 heavy (non-hydrogen) atoms. The van der Waals surface area contributed by atoms with Crippen LogP contribution in [-0.4, -0.2) is 51.1 Å². The zero-order valence-electron chi connectivity index (χ0n) is 7.68. The molecule has 0 aromatic rings. The van der Waals surface area contributed by atoms with Crippen molar-refractivity contribution in [1.29, 1.82) is 0 Å². The van der Waals surface area contributed by atoms with E-state index in [9.17, 15) is 15.0 Å². The lowest BCUT2D eigenvalue weighted by Crippen LogP contribution is -2.56. The van der Waals surface area contributed by atoms with E-state index in [4.69, 9.17) is 21.4 Å². The highest BCUT2D eigenvalue weighted by molar-refractivity contribution is 6.33. The Bertz CT molecular complexity index is 234. The molecule has 0 aromatic carbocycles. The second kappa shape index (κ2) is 4.12. The lowest BCUT2D eigenvalue weighted by Gasteiger charge is -2.40. The van der Waals surface area contributed by atoms with Crippen LogP contribution in [0, 0.1) is 0 Å². The third-order valence-electron chi connectivity index (χ3n) is 2.29. The molecule has 0 aromatic heterocycles. The van der Waals surface area contributed by atoms with Crippen molar-refractivity contribution in [1.82, 2.24) is 0 Å². The Morgan fingerprint density at radius 2 is 2.21 bits per heavy atom. The van der Waals surface area contributed by atoms with Gasteiger partial charge in [-0.3, -0.25) is 4.79 Å². The number of carbonyl (C=O) groups excluding carboxylic acids is 1. The summed E-state index contributed by atoms with van der Waals surface area (Å²) in [6.45, 7) is 0.728. The van der Waals surface area contributed by atoms with Crippen LogP contribution in [0.25, 0.3) is 0 Å². The molecule has 1 fully saturated rings. The summed E-state index contributed by atoms with van der Waals surface area (Å²) in [5.74, 6) is -0.455. The topological polar surface area (TPSA) is 87.0 Å². The van der Waals surface area contributed by atoms with Crippen LogP contribution >= 0.6 is 11.6 Å². The summed E-state index contributed by atoms with van der Waals surface area (Å²) in [6, 6.07) is 0. The first-order valence-corrected chi connectivity index (χ1v) is 4.63. The van der Waals surface area contributed by atoms with E-state index in [2.05, 4.69) is 0 Å². The number of Topliss-reactive ketones (excluding diaryl/α,β-unsaturated/α-hetero) is 1. The summed E-state index contributed by atoms with van der Waals surface area (Å²) < 4.78 is 5.02. The third-order valence-corrected chi connectivity index (χ3v) is 2.80. The Hall–Kier alpha value is -0.200. The zero-order chi connectivity index (χ0) is 10.9. The number of hydrogen-bond donors (Lipinski definition) is 3. The van der Waals surface area contributed by atoms with Gasteiger partial charge in [-0.25, -0.2) is 0 Å². The number of alkyl halides is 1. The number of ether oxygens (including phenoxy) is 1. The molecule has 5 nitrogen and oxygen atoms in total. The highest BCUT2D eigenvalue weighted by Gasteiger charge is 2.47. The molecule has 6 heteroatoms. The molecule has 0 bridgehead atoms. The number of aliphatic hydroxyl groups is 3. The summed E-state index contributed by atoms with van der Waals surface area (Å²) in [6.07, 6.45) is -3.59. The zero-order valence-corrected chi connectivity index (χ0v) is 8.44. The minimum Gasteiger partial charge on any atom is -0.394 e. The highest BCUT2D eigenvalue weighted by atomic mass is 35.5. The van der Waals surface area contributed by atoms with E-state index in [1.54, 1.807) is 0 Å². The fraction of sp³-hybridized carbons (Fsp3) is 0.875. The molecule has 1 aliphatic rings. The molecule has 0 unspecified atom stereocenters. The van der Waals surface area contributed by atoms with Crippen molar-refractivity contribution in [2.45, 2.75) is 36.7 Å². The van der Waals surface area contributed by atoms with Gasteiger partial charge in [0, 0.05) is 6.42 Å². The van der Waals surface area contributed by atoms with Crippen LogP contribution < -0.4 is 0 Å². The second-order valence-corrected chi connectivity index (χ2v) is 4.00. The Kier molecular flexibility index (Phi) is 3.49. The van der Waals surface area contributed by atoms with Crippen LogP contribution in [0.4, 0.5) is 0 Å². The molecule has 0 aliphatic carbocycles. The van der Waals surface area contributed by atoms with Gasteiger partial charge in [0.25, 0.3) is 0 Å². The van der Waals surface area contributed by atoms with Crippen LogP contribution in [0.2, 0.25) is 0 Å². The minimum absolute atomic E-state index is 0.179. The predicted octanol–water partition coefficient (Wildman–Crippen LogP) is -0.987. The van der Waals surface area contributed by atoms with Gasteiger partial charge in [0.15, 0.2) is 5.78 Å². The van der Waals surface area contributed by atoms with Crippen LogP contribution in [0.1, 0.15) is 13.3 Å². The van der Waals surface area contributed by atoms with E-state index in [0.717, 1.165) is 0 Å². The molecule has 4 atom stereocenters. The smallest absolute Gasteiger partial charge is 0.202 e. The number of hydrogen-bond acceptors (Lipinski definition) is 5. The Balaban J connectivity index is 2.81. The quantitative estimate of drug-likeness (QED) is 0.525. The number of ketones is 1. The maximum atomic E-state index is 11.1. The largest absolute Gasteiger partial charge is 0.394 e. The van der Waals surface area contributed by atoms with Crippen molar-refractivity contribution in [2.24, 2.45) is 0 Å². The fourth-order valence-electron chi connectivity index (χ4n) is 1.37. The summed E-state index contributed by atoms with van der Waals surface area (Å²) in [5, 5.41) is 25.9. The molecule has 1 heterocycles. The van der Waals surface area contributed by atoms with E-state index in [1.807, 2.05) is 0 Å². The lowest BCUT2D eigenvalue weighted by atomic mass is 9.96. The third kappa shape index (κ3) is 2.07. The second-order valence-electron chi connectivity index (χ2n) is 3.39. The average Bonchev–Trinajstić information content (AvgIpc) is 2.11. The maximum Gasteiger partial charge on any atom is 0.202 e. The number of aliphatic hydroxyl groups excluding tert-OH is 3. The van der Waals surface area contributed by atoms with Crippen LogP contribution in [0.15, 0.2) is 0 Å². The van der Waals surface area contributed by atoms with Gasteiger partial charge in [0.05, 0.1) is 12.7 Å². The SMILES string of the molecule is CC(=O)[C@@]1(Cl)C[C@@H](O)[C@H](O)[C@@H](CO)O1. The van der Waals surface area contributed by atoms with Gasteiger partial charge in [-0.15, -0.1) is 0 Å². The van der Waals surface area contributed by atoms with E-state index in [1.165, 1.54) is 6.92 Å². The molecule has 1 saturated heterocycles. The summed E-state index contributed by atoms with van der Waals surface area (Å²) in [7, 11) is 0. The molecule has 3 N–H and O–H groups in total. The van der Waals surface area contributed by atoms with Crippen molar-refractivity contribution >= 4 is 17.4 Å². The van der Waals surface area contributed by atoms with Crippen LogP contribution in [0.5, 0.6) is 0 Å². The molecule has 82 valence electrons. The number of halogens is 1. The van der Waals surface area contributed by atoms with Crippen LogP contribution in [0.3, 0.4) is 0 Å². The molecule has 0 saturated carbocycles. The van der Waals surface area contributed by atoms with Crippen molar-refractivity contribution < 1.29 is 24.9 Å². The Morgan fingerprint density at radius 3 is 2.64 bits per heavy atom. The summed E-state index contributed by atoms with van der Waals surface area (Å²) in [4.78, 5) is 11.1. The average molecular weight is 225 g/mol. The predicted molar refractivity (Wildman–Crippen MR) is 47.9 cm³/mol. The van der Waals surface area contributed by atoms with Crippen molar-refractivity contribution in [3.05, 3.63) is 0 Å². The molecular formula is C8H13ClO5. The van der Waals surface area contributed by atoms with Gasteiger partial charge in [-0.1, -0.05) is 11.6 Å². The van der Waals surface area contributed by atoms with Gasteiger partial charge >= 0.3 is 0 Å². The molecule has 1 aliphatic heterocycles. The van der Waals surface area contributed by atoms with E-state index in [0.29, 0.717) is 0 Å². The minimum atomic E-state index is -1.63. The number of carbonyl (C=O) groups is 1. The highest BCUT2D eigenvalue weighted by Crippen LogP contribution is 2.33. The van der Waals surface area contributed by atoms with Crippen LogP contribution in [-0.2, 0) is 9.53 Å². The van der Waals surface area contributed by atoms with E-state index >= 15 is 0 Å². The number of rotatable bonds is 2. The van der Waals surface area contributed by atoms with Gasteiger partial charge in [0.2, 0.25) is 5.06 Å². The summed E-state index contributed by atoms with van der Waals surface area (Å²) >= 11 is 5.79. The fourth-order valence-corrected chi connectivity index (χ4v) is 1.64. The van der Waals surface area contributed by atoms with E-state index in [-0.39, 0.29) is 6.42 Å². The van der Waals surface area contributed by atoms with Gasteiger partial charge in [-0.05, 0) is 6.92 Å². The first-order chi connectivity index (χ1) is 6.40. The molecule has 1 rings (SSSR count). The Labute approximate surface area is 86.2 Å². The molecule has 0 radical (unpaired) electrons. The molecule has 0 amide bonds. The van der Waals surface area contributed by atoms with E-state index < -0.39 is 35.8 Å². The van der Waals surface area contributed by atoms with Crippen molar-refractivity contribution in [3.8, 4) is 0 Å². The van der Waals surface area contributed by atoms with Crippen molar-refractivity contribution in [2.75, 3.05) is 6.61 Å². The Morgan fingerprint density at radius 1 is 1.64 bits per heavy atom. The standard InChI is InChI=1S/C8H13ClO5/c1-4(11)8(9)2-5(12)7(13)6(3-10)14-8/h5-7,10,12-13H,2-3H2,1H3/t5-,6-,7+,8-/m1/s1. The van der Waals surface area contributed by atoms with Gasteiger partial charge in [-0.2, -0.15) is 0 Å².